The summed E-state index contributed by atoms with van der Waals surface area (Å²) in [6.45, 7) is 7.03. The molecule has 0 N–H and O–H groups in total. The van der Waals surface area contributed by atoms with E-state index >= 15 is 0 Å². The van der Waals surface area contributed by atoms with Crippen molar-refractivity contribution in [1.29, 1.82) is 0 Å². The zero-order valence-electron chi connectivity index (χ0n) is 7.67. The second-order valence-electron chi connectivity index (χ2n) is 3.53. The SMILES string of the molecule is CC(C)O[C@H]1CC[C@H](C)OC1. The molecule has 11 heavy (non-hydrogen) atoms. The van der Waals surface area contributed by atoms with Gasteiger partial charge in [-0.05, 0) is 33.6 Å². The van der Waals surface area contributed by atoms with Gasteiger partial charge in [0.25, 0.3) is 0 Å². The molecule has 2 atom stereocenters. The third kappa shape index (κ3) is 3.21. The van der Waals surface area contributed by atoms with Crippen LogP contribution in [0.25, 0.3) is 0 Å². The zero-order chi connectivity index (χ0) is 8.27. The summed E-state index contributed by atoms with van der Waals surface area (Å²) in [7, 11) is 0. The summed E-state index contributed by atoms with van der Waals surface area (Å²) < 4.78 is 11.1. The van der Waals surface area contributed by atoms with Crippen molar-refractivity contribution in [1.82, 2.24) is 0 Å². The van der Waals surface area contributed by atoms with Gasteiger partial charge >= 0.3 is 0 Å². The van der Waals surface area contributed by atoms with Crippen LogP contribution in [0.2, 0.25) is 0 Å². The van der Waals surface area contributed by atoms with Gasteiger partial charge < -0.3 is 9.47 Å². The molecule has 1 aliphatic heterocycles. The Labute approximate surface area is 68.9 Å². The van der Waals surface area contributed by atoms with E-state index in [9.17, 15) is 0 Å². The molecule has 0 radical (unpaired) electrons. The van der Waals surface area contributed by atoms with Gasteiger partial charge in [-0.25, -0.2) is 0 Å². The van der Waals surface area contributed by atoms with Crippen LogP contribution in [0, 0.1) is 0 Å². The van der Waals surface area contributed by atoms with E-state index in [0.717, 1.165) is 19.4 Å². The third-order valence-electron chi connectivity index (χ3n) is 1.93. The molecule has 0 saturated carbocycles. The van der Waals surface area contributed by atoms with E-state index < -0.39 is 0 Å². The van der Waals surface area contributed by atoms with Gasteiger partial charge in [0.05, 0.1) is 24.9 Å². The van der Waals surface area contributed by atoms with Gasteiger partial charge in [-0.3, -0.25) is 0 Å². The van der Waals surface area contributed by atoms with Crippen LogP contribution in [0.1, 0.15) is 33.6 Å². The number of rotatable bonds is 2. The normalized spacial score (nSPS) is 32.7. The highest BCUT2D eigenvalue weighted by molar-refractivity contribution is 4.67. The molecular weight excluding hydrogens is 140 g/mol. The summed E-state index contributed by atoms with van der Waals surface area (Å²) in [6.07, 6.45) is 3.39. The van der Waals surface area contributed by atoms with Crippen LogP contribution in [0.4, 0.5) is 0 Å². The van der Waals surface area contributed by atoms with Crippen LogP contribution in [-0.4, -0.2) is 24.9 Å². The maximum Gasteiger partial charge on any atom is 0.0813 e. The van der Waals surface area contributed by atoms with Crippen molar-refractivity contribution in [2.75, 3.05) is 6.61 Å². The van der Waals surface area contributed by atoms with Crippen molar-refractivity contribution in [2.45, 2.75) is 51.9 Å². The quantitative estimate of drug-likeness (QED) is 0.611. The van der Waals surface area contributed by atoms with Crippen molar-refractivity contribution in [3.8, 4) is 0 Å². The Morgan fingerprint density at radius 3 is 2.55 bits per heavy atom. The minimum atomic E-state index is 0.331. The lowest BCUT2D eigenvalue weighted by atomic mass is 10.1. The average molecular weight is 158 g/mol. The molecule has 1 rings (SSSR count). The first-order valence-corrected chi connectivity index (χ1v) is 4.45. The highest BCUT2D eigenvalue weighted by atomic mass is 16.5. The minimum absolute atomic E-state index is 0.331. The fraction of sp³-hybridized carbons (Fsp3) is 1.00. The summed E-state index contributed by atoms with van der Waals surface area (Å²) in [5, 5.41) is 0. The molecule has 2 heteroatoms. The fourth-order valence-electron chi connectivity index (χ4n) is 1.35. The second-order valence-corrected chi connectivity index (χ2v) is 3.53. The first-order valence-electron chi connectivity index (χ1n) is 4.45. The summed E-state index contributed by atoms with van der Waals surface area (Å²) in [6, 6.07) is 0. The third-order valence-corrected chi connectivity index (χ3v) is 1.93. The molecule has 1 saturated heterocycles. The lowest BCUT2D eigenvalue weighted by Gasteiger charge is -2.28. The van der Waals surface area contributed by atoms with E-state index in [1.807, 2.05) is 0 Å². The Morgan fingerprint density at radius 1 is 1.36 bits per heavy atom. The lowest BCUT2D eigenvalue weighted by molar-refractivity contribution is -0.0972. The standard InChI is InChI=1S/C9H18O2/c1-7(2)11-9-5-4-8(3)10-6-9/h7-9H,4-6H2,1-3H3/t8-,9-/m0/s1. The molecule has 1 heterocycles. The van der Waals surface area contributed by atoms with Gasteiger partial charge in [-0.2, -0.15) is 0 Å². The first-order chi connectivity index (χ1) is 5.18. The van der Waals surface area contributed by atoms with Crippen molar-refractivity contribution in [2.24, 2.45) is 0 Å². The molecule has 0 amide bonds. The molecule has 0 spiro atoms. The Kier molecular flexibility index (Phi) is 3.34. The zero-order valence-corrected chi connectivity index (χ0v) is 7.67. The first kappa shape index (κ1) is 9.01. The monoisotopic (exact) mass is 158 g/mol. The van der Waals surface area contributed by atoms with Crippen molar-refractivity contribution in [3.05, 3.63) is 0 Å². The number of hydrogen-bond donors (Lipinski definition) is 0. The van der Waals surface area contributed by atoms with E-state index in [-0.39, 0.29) is 0 Å². The summed E-state index contributed by atoms with van der Waals surface area (Å²) in [4.78, 5) is 0. The second kappa shape index (κ2) is 4.07. The number of ether oxygens (including phenoxy) is 2. The Balaban J connectivity index is 2.17. The molecule has 1 fully saturated rings. The van der Waals surface area contributed by atoms with E-state index in [1.54, 1.807) is 0 Å². The predicted octanol–water partition coefficient (Wildman–Crippen LogP) is 1.98. The van der Waals surface area contributed by atoms with Crippen LogP contribution in [0.15, 0.2) is 0 Å². The van der Waals surface area contributed by atoms with Gasteiger partial charge in [0.15, 0.2) is 0 Å². The summed E-state index contributed by atoms with van der Waals surface area (Å²) >= 11 is 0. The van der Waals surface area contributed by atoms with Crippen molar-refractivity contribution in [3.63, 3.8) is 0 Å². The molecule has 0 unspecified atom stereocenters. The molecule has 0 aliphatic carbocycles. The highest BCUT2D eigenvalue weighted by Gasteiger charge is 2.19. The van der Waals surface area contributed by atoms with E-state index in [0.29, 0.717) is 18.3 Å². The topological polar surface area (TPSA) is 18.5 Å². The van der Waals surface area contributed by atoms with Crippen LogP contribution < -0.4 is 0 Å². The lowest BCUT2D eigenvalue weighted by Crippen LogP contribution is -2.31. The van der Waals surface area contributed by atoms with E-state index in [2.05, 4.69) is 20.8 Å². The van der Waals surface area contributed by atoms with Crippen LogP contribution in [0.3, 0.4) is 0 Å². The van der Waals surface area contributed by atoms with Crippen LogP contribution in [0.5, 0.6) is 0 Å². The smallest absolute Gasteiger partial charge is 0.0813 e. The van der Waals surface area contributed by atoms with Gasteiger partial charge in [0, 0.05) is 0 Å². The Hall–Kier alpha value is -0.0800. The molecule has 0 aromatic heterocycles. The average Bonchev–Trinajstić information content (AvgIpc) is 1.93. The highest BCUT2D eigenvalue weighted by Crippen LogP contribution is 2.16. The van der Waals surface area contributed by atoms with Gasteiger partial charge in [0.1, 0.15) is 0 Å². The molecule has 0 aromatic carbocycles. The minimum Gasteiger partial charge on any atom is -0.376 e. The van der Waals surface area contributed by atoms with E-state index in [1.165, 1.54) is 0 Å². The van der Waals surface area contributed by atoms with Gasteiger partial charge in [0.2, 0.25) is 0 Å². The van der Waals surface area contributed by atoms with Crippen LogP contribution in [-0.2, 0) is 9.47 Å². The summed E-state index contributed by atoms with van der Waals surface area (Å²) in [5.74, 6) is 0. The molecule has 66 valence electrons. The van der Waals surface area contributed by atoms with E-state index in [4.69, 9.17) is 9.47 Å². The number of hydrogen-bond acceptors (Lipinski definition) is 2. The molecule has 0 aromatic rings. The summed E-state index contributed by atoms with van der Waals surface area (Å²) in [5.41, 5.74) is 0. The molecule has 1 aliphatic rings. The molecule has 2 nitrogen and oxygen atoms in total. The fourth-order valence-corrected chi connectivity index (χ4v) is 1.35. The van der Waals surface area contributed by atoms with Gasteiger partial charge in [-0.1, -0.05) is 0 Å². The molecule has 0 bridgehead atoms. The Morgan fingerprint density at radius 2 is 2.09 bits per heavy atom. The van der Waals surface area contributed by atoms with Crippen LogP contribution >= 0.6 is 0 Å². The van der Waals surface area contributed by atoms with Gasteiger partial charge in [-0.15, -0.1) is 0 Å². The largest absolute Gasteiger partial charge is 0.376 e. The Bertz CT molecular complexity index is 104. The maximum atomic E-state index is 5.61. The van der Waals surface area contributed by atoms with Crippen molar-refractivity contribution < 1.29 is 9.47 Å². The predicted molar refractivity (Wildman–Crippen MR) is 44.7 cm³/mol. The van der Waals surface area contributed by atoms with Crippen molar-refractivity contribution >= 4 is 0 Å². The molecular formula is C9H18O2. The maximum absolute atomic E-state index is 5.61.